The zero-order valence-corrected chi connectivity index (χ0v) is 13.6. The molecule has 2 fully saturated rings. The van der Waals surface area contributed by atoms with Crippen LogP contribution in [0.3, 0.4) is 0 Å². The average molecular weight is 288 g/mol. The Morgan fingerprint density at radius 2 is 1.30 bits per heavy atom. The molecule has 3 rings (SSSR count). The van der Waals surface area contributed by atoms with Crippen LogP contribution in [0.15, 0.2) is 30.3 Å². The van der Waals surface area contributed by atoms with Gasteiger partial charge in [0.15, 0.2) is 0 Å². The fourth-order valence-electron chi connectivity index (χ4n) is 4.52. The van der Waals surface area contributed by atoms with Crippen molar-refractivity contribution < 1.29 is 0 Å². The number of rotatable bonds is 3. The van der Waals surface area contributed by atoms with E-state index < -0.39 is 0 Å². The number of benzene rings is 1. The van der Waals surface area contributed by atoms with Crippen LogP contribution in [0.4, 0.5) is 0 Å². The van der Waals surface area contributed by atoms with Crippen LogP contribution >= 0.6 is 7.92 Å². The molecule has 2 heteroatoms. The zero-order valence-electron chi connectivity index (χ0n) is 12.7. The third kappa shape index (κ3) is 2.59. The molecule has 0 saturated carbocycles. The largest absolute Gasteiger partial charge is 0.0814 e. The molecule has 4 atom stereocenters. The van der Waals surface area contributed by atoms with Gasteiger partial charge in [-0.3, -0.25) is 0 Å². The van der Waals surface area contributed by atoms with Crippen LogP contribution < -0.4 is 5.30 Å². The van der Waals surface area contributed by atoms with Gasteiger partial charge >= 0.3 is 0 Å². The fraction of sp³-hybridized carbons (Fsp3) is 0.667. The Labute approximate surface area is 128 Å². The molecule has 1 aromatic carbocycles. The van der Waals surface area contributed by atoms with Gasteiger partial charge in [-0.15, -0.1) is 0 Å². The SMILES string of the molecule is B.CC(C)[C@H]1C[C@@H]2[C@@H](C(C)C)C[C@H]1P2c1ccccc1. The maximum Gasteiger partial charge on any atom is 0.0814 e. The molecule has 0 amide bonds. The van der Waals surface area contributed by atoms with Gasteiger partial charge in [0.25, 0.3) is 0 Å². The topological polar surface area (TPSA) is 0 Å². The van der Waals surface area contributed by atoms with Crippen LogP contribution in [0.2, 0.25) is 0 Å². The summed E-state index contributed by atoms with van der Waals surface area (Å²) in [7, 11) is 0.105. The summed E-state index contributed by atoms with van der Waals surface area (Å²) in [5.74, 6) is 3.73. The van der Waals surface area contributed by atoms with Crippen molar-refractivity contribution in [2.45, 2.75) is 51.9 Å². The summed E-state index contributed by atoms with van der Waals surface area (Å²) < 4.78 is 0. The van der Waals surface area contributed by atoms with Crippen LogP contribution in [0.1, 0.15) is 40.5 Å². The Bertz CT molecular complexity index is 406. The van der Waals surface area contributed by atoms with Crippen molar-refractivity contribution in [2.75, 3.05) is 0 Å². The number of hydrogen-bond donors (Lipinski definition) is 0. The lowest BCUT2D eigenvalue weighted by molar-refractivity contribution is 0.232. The Morgan fingerprint density at radius 3 is 1.70 bits per heavy atom. The Kier molecular flexibility index (Phi) is 5.01. The van der Waals surface area contributed by atoms with Gasteiger partial charge in [-0.05, 0) is 53.1 Å². The van der Waals surface area contributed by atoms with Crippen molar-refractivity contribution in [3.63, 3.8) is 0 Å². The molecule has 2 aliphatic heterocycles. The molecule has 2 aliphatic rings. The van der Waals surface area contributed by atoms with Crippen molar-refractivity contribution in [3.05, 3.63) is 30.3 Å². The monoisotopic (exact) mass is 288 g/mol. The van der Waals surface area contributed by atoms with Crippen LogP contribution in [-0.2, 0) is 0 Å². The van der Waals surface area contributed by atoms with Crippen molar-refractivity contribution in [1.82, 2.24) is 0 Å². The minimum atomic E-state index is 0. The molecule has 0 N–H and O–H groups in total. The van der Waals surface area contributed by atoms with Crippen molar-refractivity contribution in [3.8, 4) is 0 Å². The first-order chi connectivity index (χ1) is 9.09. The Balaban J connectivity index is 0.00000147. The maximum atomic E-state index is 2.44. The van der Waals surface area contributed by atoms with E-state index in [1.165, 1.54) is 12.8 Å². The molecule has 2 bridgehead atoms. The van der Waals surface area contributed by atoms with E-state index in [-0.39, 0.29) is 16.3 Å². The second-order valence-electron chi connectivity index (χ2n) is 7.16. The van der Waals surface area contributed by atoms with Gasteiger partial charge in [0.1, 0.15) is 0 Å². The van der Waals surface area contributed by atoms with Crippen LogP contribution in [-0.4, -0.2) is 19.7 Å². The maximum absolute atomic E-state index is 2.44. The standard InChI is InChI=1S/C18H27P.BH3/c1-12(2)15-10-18-16(13(3)4)11-17(15)19(18)14-8-6-5-7-9-14;/h5-9,12-13,15-18H,10-11H2,1-4H3;1H3/t15-,16-,17-,18-;/m1./s1. The van der Waals surface area contributed by atoms with E-state index in [1.54, 1.807) is 5.30 Å². The predicted molar refractivity (Wildman–Crippen MR) is 96.4 cm³/mol. The van der Waals surface area contributed by atoms with Crippen LogP contribution in [0, 0.1) is 23.7 Å². The van der Waals surface area contributed by atoms with Crippen molar-refractivity contribution in [2.24, 2.45) is 23.7 Å². The van der Waals surface area contributed by atoms with E-state index in [1.807, 2.05) is 0 Å². The number of fused-ring (bicyclic) bond motifs is 2. The summed E-state index contributed by atoms with van der Waals surface area (Å²) in [5, 5.41) is 1.68. The normalized spacial score (nSPS) is 35.6. The van der Waals surface area contributed by atoms with E-state index in [9.17, 15) is 0 Å². The molecular weight excluding hydrogens is 258 g/mol. The highest BCUT2D eigenvalue weighted by Gasteiger charge is 2.54. The minimum Gasteiger partial charge on any atom is -0.0684 e. The lowest BCUT2D eigenvalue weighted by Crippen LogP contribution is -2.29. The highest BCUT2D eigenvalue weighted by molar-refractivity contribution is 7.67. The molecule has 0 spiro atoms. The molecule has 110 valence electrons. The lowest BCUT2D eigenvalue weighted by Gasteiger charge is -2.31. The van der Waals surface area contributed by atoms with E-state index in [4.69, 9.17) is 0 Å². The van der Waals surface area contributed by atoms with Gasteiger partial charge in [0, 0.05) is 0 Å². The van der Waals surface area contributed by atoms with Gasteiger partial charge in [-0.2, -0.15) is 0 Å². The first kappa shape index (κ1) is 16.1. The van der Waals surface area contributed by atoms with Crippen LogP contribution in [0.5, 0.6) is 0 Å². The summed E-state index contributed by atoms with van der Waals surface area (Å²) in [6.07, 6.45) is 3.01. The number of hydrogen-bond acceptors (Lipinski definition) is 0. The average Bonchev–Trinajstić information content (AvgIpc) is 2.94. The van der Waals surface area contributed by atoms with Gasteiger partial charge < -0.3 is 0 Å². The second-order valence-corrected chi connectivity index (χ2v) is 9.82. The van der Waals surface area contributed by atoms with E-state index in [2.05, 4.69) is 58.0 Å². The van der Waals surface area contributed by atoms with E-state index in [0.717, 1.165) is 35.0 Å². The van der Waals surface area contributed by atoms with Crippen LogP contribution in [0.25, 0.3) is 0 Å². The summed E-state index contributed by atoms with van der Waals surface area (Å²) in [5.41, 5.74) is 2.02. The zero-order chi connectivity index (χ0) is 13.6. The van der Waals surface area contributed by atoms with Crippen molar-refractivity contribution >= 4 is 21.6 Å². The third-order valence-electron chi connectivity index (χ3n) is 5.50. The summed E-state index contributed by atoms with van der Waals surface area (Å²) in [6.45, 7) is 9.75. The molecule has 1 aromatic rings. The molecule has 0 nitrogen and oxygen atoms in total. The van der Waals surface area contributed by atoms with Gasteiger partial charge in [0.05, 0.1) is 8.41 Å². The quantitative estimate of drug-likeness (QED) is 0.587. The van der Waals surface area contributed by atoms with E-state index in [0.29, 0.717) is 0 Å². The van der Waals surface area contributed by atoms with Gasteiger partial charge in [-0.1, -0.05) is 65.9 Å². The fourth-order valence-corrected chi connectivity index (χ4v) is 9.00. The summed E-state index contributed by atoms with van der Waals surface area (Å²) in [4.78, 5) is 0. The third-order valence-corrected chi connectivity index (χ3v) is 9.01. The second kappa shape index (κ2) is 6.23. The predicted octanol–water partition coefficient (Wildman–Crippen LogP) is 3.70. The first-order valence-corrected chi connectivity index (χ1v) is 9.41. The highest BCUT2D eigenvalue weighted by atomic mass is 31.1. The van der Waals surface area contributed by atoms with Gasteiger partial charge in [0.2, 0.25) is 0 Å². The Morgan fingerprint density at radius 1 is 0.850 bits per heavy atom. The molecule has 0 radical (unpaired) electrons. The lowest BCUT2D eigenvalue weighted by atomic mass is 9.73. The molecule has 2 heterocycles. The molecule has 0 aliphatic carbocycles. The molecule has 20 heavy (non-hydrogen) atoms. The highest BCUT2D eigenvalue weighted by Crippen LogP contribution is 2.69. The summed E-state index contributed by atoms with van der Waals surface area (Å²) in [6, 6.07) is 11.4. The Hall–Kier alpha value is -0.285. The molecule has 0 aromatic heterocycles. The van der Waals surface area contributed by atoms with E-state index >= 15 is 0 Å². The smallest absolute Gasteiger partial charge is 0.0684 e. The molecule has 2 saturated heterocycles. The van der Waals surface area contributed by atoms with Gasteiger partial charge in [-0.25, -0.2) is 0 Å². The molecular formula is C18H30BP. The minimum absolute atomic E-state index is 0. The first-order valence-electron chi connectivity index (χ1n) is 7.93. The summed E-state index contributed by atoms with van der Waals surface area (Å²) >= 11 is 0. The molecule has 0 unspecified atom stereocenters. The van der Waals surface area contributed by atoms with Crippen molar-refractivity contribution in [1.29, 1.82) is 0 Å².